The van der Waals surface area contributed by atoms with E-state index in [0.717, 1.165) is 12.1 Å². The molecule has 0 aliphatic carbocycles. The SMILES string of the molecule is CCOC(=O)C(C(=O)OCC)C(=O)c1cc(Oc2c(Cl)cc(Cl)cc2Cl)ccc1[N+](=O)[O-]. The average molecular weight is 505 g/mol. The maximum Gasteiger partial charge on any atom is 0.328 e. The number of ketones is 1. The molecule has 0 saturated heterocycles. The molecule has 0 aromatic heterocycles. The normalized spacial score (nSPS) is 10.6. The number of hydrogen-bond acceptors (Lipinski definition) is 8. The van der Waals surface area contributed by atoms with E-state index >= 15 is 0 Å². The Morgan fingerprint density at radius 1 is 0.969 bits per heavy atom. The lowest BCUT2D eigenvalue weighted by Gasteiger charge is -2.15. The summed E-state index contributed by atoms with van der Waals surface area (Å²) in [6.45, 7) is 2.70. The van der Waals surface area contributed by atoms with Gasteiger partial charge in [-0.15, -0.1) is 0 Å². The van der Waals surface area contributed by atoms with Crippen molar-refractivity contribution in [3.63, 3.8) is 0 Å². The van der Waals surface area contributed by atoms with Crippen molar-refractivity contribution in [3.05, 3.63) is 61.1 Å². The molecule has 12 heteroatoms. The highest BCUT2D eigenvalue weighted by Gasteiger charge is 2.40. The lowest BCUT2D eigenvalue weighted by atomic mass is 9.96. The van der Waals surface area contributed by atoms with Crippen LogP contribution in [0.25, 0.3) is 0 Å². The maximum atomic E-state index is 13.1. The van der Waals surface area contributed by atoms with Crippen LogP contribution in [0.2, 0.25) is 15.1 Å². The van der Waals surface area contributed by atoms with E-state index in [1.807, 2.05) is 0 Å². The summed E-state index contributed by atoms with van der Waals surface area (Å²) in [5.74, 6) is -5.71. The number of ether oxygens (including phenoxy) is 3. The monoisotopic (exact) mass is 503 g/mol. The van der Waals surface area contributed by atoms with Gasteiger partial charge in [0.25, 0.3) is 5.69 Å². The summed E-state index contributed by atoms with van der Waals surface area (Å²) in [5.41, 5.74) is -1.23. The van der Waals surface area contributed by atoms with Crippen LogP contribution in [0, 0.1) is 16.0 Å². The number of benzene rings is 2. The fourth-order valence-electron chi connectivity index (χ4n) is 2.60. The van der Waals surface area contributed by atoms with Crippen molar-refractivity contribution in [3.8, 4) is 11.5 Å². The molecule has 0 aliphatic heterocycles. The molecule has 0 bridgehead atoms. The largest absolute Gasteiger partial charge is 0.465 e. The van der Waals surface area contributed by atoms with Gasteiger partial charge in [-0.1, -0.05) is 34.8 Å². The van der Waals surface area contributed by atoms with Crippen LogP contribution in [0.4, 0.5) is 5.69 Å². The van der Waals surface area contributed by atoms with E-state index < -0.39 is 39.8 Å². The van der Waals surface area contributed by atoms with E-state index in [4.69, 9.17) is 49.0 Å². The number of esters is 2. The van der Waals surface area contributed by atoms with Crippen molar-refractivity contribution in [2.24, 2.45) is 5.92 Å². The molecule has 9 nitrogen and oxygen atoms in total. The van der Waals surface area contributed by atoms with Crippen molar-refractivity contribution in [2.45, 2.75) is 13.8 Å². The summed E-state index contributed by atoms with van der Waals surface area (Å²) in [5, 5.41) is 11.8. The van der Waals surface area contributed by atoms with Crippen LogP contribution in [0.1, 0.15) is 24.2 Å². The summed E-state index contributed by atoms with van der Waals surface area (Å²) in [6.07, 6.45) is 0. The molecule has 2 rings (SSSR count). The number of hydrogen-bond donors (Lipinski definition) is 0. The molecule has 170 valence electrons. The number of rotatable bonds is 9. The van der Waals surface area contributed by atoms with Crippen LogP contribution in [0.3, 0.4) is 0 Å². The molecule has 0 atom stereocenters. The molecule has 0 radical (unpaired) electrons. The molecule has 0 fully saturated rings. The molecule has 2 aromatic carbocycles. The van der Waals surface area contributed by atoms with Crippen LogP contribution in [-0.4, -0.2) is 35.9 Å². The zero-order valence-electron chi connectivity index (χ0n) is 16.7. The zero-order chi connectivity index (χ0) is 24.0. The van der Waals surface area contributed by atoms with Gasteiger partial charge in [0.15, 0.2) is 11.5 Å². The average Bonchev–Trinajstić information content (AvgIpc) is 2.70. The first-order valence-electron chi connectivity index (χ1n) is 9.08. The fraction of sp³-hybridized carbons (Fsp3) is 0.250. The minimum absolute atomic E-state index is 0.0164. The van der Waals surface area contributed by atoms with Crippen LogP contribution >= 0.6 is 34.8 Å². The fourth-order valence-corrected chi connectivity index (χ4v) is 3.49. The van der Waals surface area contributed by atoms with Crippen LogP contribution < -0.4 is 4.74 Å². The highest BCUT2D eigenvalue weighted by Crippen LogP contribution is 2.39. The zero-order valence-corrected chi connectivity index (χ0v) is 19.0. The Kier molecular flexibility index (Phi) is 8.82. The van der Waals surface area contributed by atoms with Gasteiger partial charge in [0, 0.05) is 11.1 Å². The topological polar surface area (TPSA) is 122 Å². The maximum absolute atomic E-state index is 13.1. The highest BCUT2D eigenvalue weighted by molar-refractivity contribution is 6.40. The van der Waals surface area contributed by atoms with E-state index in [1.54, 1.807) is 0 Å². The molecule has 32 heavy (non-hydrogen) atoms. The lowest BCUT2D eigenvalue weighted by Crippen LogP contribution is -2.35. The first-order valence-corrected chi connectivity index (χ1v) is 10.2. The third kappa shape index (κ3) is 5.87. The quantitative estimate of drug-likeness (QED) is 0.149. The van der Waals surface area contributed by atoms with Crippen LogP contribution in [0.15, 0.2) is 30.3 Å². The van der Waals surface area contributed by atoms with Crippen molar-refractivity contribution in [2.75, 3.05) is 13.2 Å². The van der Waals surface area contributed by atoms with Crippen LogP contribution in [0.5, 0.6) is 11.5 Å². The molecule has 0 amide bonds. The second-order valence-corrected chi connectivity index (χ2v) is 7.29. The lowest BCUT2D eigenvalue weighted by molar-refractivity contribution is -0.385. The molecule has 2 aromatic rings. The molecular weight excluding hydrogens is 489 g/mol. The number of carbonyl (C=O) groups excluding carboxylic acids is 3. The van der Waals surface area contributed by atoms with E-state index in [0.29, 0.717) is 0 Å². The predicted molar refractivity (Wildman–Crippen MR) is 116 cm³/mol. The molecule has 0 aliphatic rings. The Hall–Kier alpha value is -2.88. The summed E-state index contributed by atoms with van der Waals surface area (Å²) in [6, 6.07) is 5.89. The smallest absolute Gasteiger partial charge is 0.328 e. The molecular formula is C20H16Cl3NO8. The molecule has 0 heterocycles. The second-order valence-electron chi connectivity index (χ2n) is 6.04. The number of halogens is 3. The predicted octanol–water partition coefficient (Wildman–Crippen LogP) is 5.27. The van der Waals surface area contributed by atoms with E-state index in [1.165, 1.54) is 32.0 Å². The standard InChI is InChI=1S/C20H16Cl3NO8/c1-3-30-19(26)16(20(27)31-4-2)17(25)12-9-11(5-6-15(12)24(28)29)32-18-13(22)7-10(21)8-14(18)23/h5-9,16H,3-4H2,1-2H3. The Morgan fingerprint density at radius 2 is 1.50 bits per heavy atom. The Bertz CT molecular complexity index is 1030. The van der Waals surface area contributed by atoms with Crippen molar-refractivity contribution < 1.29 is 33.5 Å². The van der Waals surface area contributed by atoms with E-state index in [9.17, 15) is 24.5 Å². The van der Waals surface area contributed by atoms with Crippen molar-refractivity contribution in [1.82, 2.24) is 0 Å². The number of nitro benzene ring substituents is 1. The molecule has 0 saturated carbocycles. The van der Waals surface area contributed by atoms with E-state index in [2.05, 4.69) is 0 Å². The molecule has 0 spiro atoms. The van der Waals surface area contributed by atoms with Gasteiger partial charge in [-0.25, -0.2) is 0 Å². The Balaban J connectivity index is 2.55. The van der Waals surface area contributed by atoms with Gasteiger partial charge in [0.1, 0.15) is 11.3 Å². The summed E-state index contributed by atoms with van der Waals surface area (Å²) in [4.78, 5) is 48.2. The number of nitrogens with zero attached hydrogens (tertiary/aromatic N) is 1. The first-order chi connectivity index (χ1) is 15.1. The van der Waals surface area contributed by atoms with Gasteiger partial charge in [0.2, 0.25) is 5.92 Å². The number of Topliss-reactive ketones (excluding diaryl/α,β-unsaturated/α-hetero) is 1. The van der Waals surface area contributed by atoms with Crippen molar-refractivity contribution in [1.29, 1.82) is 0 Å². The second kappa shape index (κ2) is 11.1. The minimum Gasteiger partial charge on any atom is -0.465 e. The van der Waals surface area contributed by atoms with Crippen molar-refractivity contribution >= 4 is 58.2 Å². The third-order valence-corrected chi connectivity index (χ3v) is 4.70. The minimum atomic E-state index is -2.05. The van der Waals surface area contributed by atoms with Gasteiger partial charge < -0.3 is 14.2 Å². The molecule has 0 unspecified atom stereocenters. The highest BCUT2D eigenvalue weighted by atomic mass is 35.5. The van der Waals surface area contributed by atoms with E-state index in [-0.39, 0.29) is 39.8 Å². The number of carbonyl (C=O) groups is 3. The summed E-state index contributed by atoms with van der Waals surface area (Å²) in [7, 11) is 0. The third-order valence-electron chi connectivity index (χ3n) is 3.92. The number of nitro groups is 1. The summed E-state index contributed by atoms with van der Waals surface area (Å²) >= 11 is 18.0. The Morgan fingerprint density at radius 3 is 1.97 bits per heavy atom. The first kappa shape index (κ1) is 25.4. The van der Waals surface area contributed by atoms with Gasteiger partial charge in [-0.3, -0.25) is 24.5 Å². The van der Waals surface area contributed by atoms with Gasteiger partial charge >= 0.3 is 11.9 Å². The van der Waals surface area contributed by atoms with Crippen LogP contribution in [-0.2, 0) is 19.1 Å². The summed E-state index contributed by atoms with van der Waals surface area (Å²) < 4.78 is 15.1. The Labute approximate surface area is 197 Å². The van der Waals surface area contributed by atoms with Gasteiger partial charge in [0.05, 0.1) is 28.2 Å². The van der Waals surface area contributed by atoms with Gasteiger partial charge in [-0.05, 0) is 38.1 Å². The van der Waals surface area contributed by atoms with Gasteiger partial charge in [-0.2, -0.15) is 0 Å². The molecule has 0 N–H and O–H groups in total.